The molecule has 0 saturated heterocycles. The van der Waals surface area contributed by atoms with E-state index in [1.807, 2.05) is 0 Å². The van der Waals surface area contributed by atoms with Gasteiger partial charge in [-0.05, 0) is 23.2 Å². The van der Waals surface area contributed by atoms with Crippen LogP contribution >= 0.6 is 23.2 Å². The fraction of sp³-hybridized carbons (Fsp3) is 0.625. The van der Waals surface area contributed by atoms with Crippen molar-refractivity contribution >= 4 is 39.7 Å². The Morgan fingerprint density at radius 3 is 1.76 bits per heavy atom. The Bertz CT molecular complexity index is 319. The summed E-state index contributed by atoms with van der Waals surface area (Å²) in [6.45, 7) is 0.940. The van der Waals surface area contributed by atoms with Crippen molar-refractivity contribution in [2.45, 2.75) is 31.3 Å². The number of esters is 1. The van der Waals surface area contributed by atoms with Gasteiger partial charge in [0.1, 0.15) is 12.2 Å². The highest BCUT2D eigenvalue weighted by Gasteiger charge is 2.39. The number of rotatable bonds is 6. The first-order valence-electron chi connectivity index (χ1n) is 4.28. The fourth-order valence-electron chi connectivity index (χ4n) is 0.929. The lowest BCUT2D eigenvalue weighted by molar-refractivity contribution is -0.167. The summed E-state index contributed by atoms with van der Waals surface area (Å²) < 4.78 is 4.33. The van der Waals surface area contributed by atoms with Crippen molar-refractivity contribution in [3.8, 4) is 0 Å². The molecule has 98 valence electrons. The van der Waals surface area contributed by atoms with Gasteiger partial charge in [0.15, 0.2) is 6.10 Å². The second kappa shape index (κ2) is 6.87. The van der Waals surface area contributed by atoms with Gasteiger partial charge in [-0.1, -0.05) is 0 Å². The summed E-state index contributed by atoms with van der Waals surface area (Å²) >= 11 is 9.90. The van der Waals surface area contributed by atoms with Crippen LogP contribution < -0.4 is 0 Å². The maximum absolute atomic E-state index is 10.8. The molecule has 0 aliphatic carbocycles. The van der Waals surface area contributed by atoms with Crippen LogP contribution in [0.5, 0.6) is 0 Å². The molecule has 0 heterocycles. The third kappa shape index (κ3) is 4.97. The highest BCUT2D eigenvalue weighted by molar-refractivity contribution is 6.65. The summed E-state index contributed by atoms with van der Waals surface area (Å²) in [5.41, 5.74) is 0. The molecule has 4 atom stereocenters. The normalized spacial score (nSPS) is 17.8. The molecule has 0 rings (SSSR count). The van der Waals surface area contributed by atoms with Gasteiger partial charge in [0.2, 0.25) is 6.10 Å². The van der Waals surface area contributed by atoms with Crippen molar-refractivity contribution in [3.63, 3.8) is 0 Å². The van der Waals surface area contributed by atoms with Crippen molar-refractivity contribution < 1.29 is 34.4 Å². The zero-order chi connectivity index (χ0) is 13.7. The van der Waals surface area contributed by atoms with E-state index in [-0.39, 0.29) is 0 Å². The molecule has 0 aromatic rings. The van der Waals surface area contributed by atoms with Crippen molar-refractivity contribution in [2.75, 3.05) is 0 Å². The maximum atomic E-state index is 10.8. The van der Waals surface area contributed by atoms with Gasteiger partial charge in [0, 0.05) is 6.92 Å². The molecule has 0 fully saturated rings. The SMILES string of the molecule is CC(=O)O[C@@H](C(=O)Cl)[C@@H](O)[C@H](O)[C@H](O)C(=O)Cl. The van der Waals surface area contributed by atoms with E-state index in [2.05, 4.69) is 4.74 Å². The molecule has 0 aromatic carbocycles. The fourth-order valence-corrected chi connectivity index (χ4v) is 1.23. The molecule has 3 N–H and O–H groups in total. The number of aliphatic hydroxyl groups is 3. The lowest BCUT2D eigenvalue weighted by Gasteiger charge is -2.25. The third-order valence-electron chi connectivity index (χ3n) is 1.73. The largest absolute Gasteiger partial charge is 0.450 e. The lowest BCUT2D eigenvalue weighted by Crippen LogP contribution is -2.49. The van der Waals surface area contributed by atoms with Crippen molar-refractivity contribution in [1.29, 1.82) is 0 Å². The van der Waals surface area contributed by atoms with Gasteiger partial charge >= 0.3 is 5.97 Å². The van der Waals surface area contributed by atoms with Crippen LogP contribution in [-0.4, -0.2) is 56.2 Å². The molecule has 0 unspecified atom stereocenters. The first kappa shape index (κ1) is 16.3. The number of aliphatic hydroxyl groups excluding tert-OH is 3. The molecule has 17 heavy (non-hydrogen) atoms. The zero-order valence-corrected chi connectivity index (χ0v) is 10.1. The van der Waals surface area contributed by atoms with Gasteiger partial charge in [0.05, 0.1) is 0 Å². The summed E-state index contributed by atoms with van der Waals surface area (Å²) in [5.74, 6) is -0.943. The summed E-state index contributed by atoms with van der Waals surface area (Å²) in [6, 6.07) is 0. The molecule has 9 heteroatoms. The van der Waals surface area contributed by atoms with Gasteiger partial charge in [-0.3, -0.25) is 14.4 Å². The summed E-state index contributed by atoms with van der Waals surface area (Å²) in [6.07, 6.45) is -8.25. The minimum atomic E-state index is -2.14. The number of halogens is 2. The van der Waals surface area contributed by atoms with Gasteiger partial charge in [-0.15, -0.1) is 0 Å². The van der Waals surface area contributed by atoms with E-state index < -0.39 is 40.9 Å². The van der Waals surface area contributed by atoms with Crippen molar-refractivity contribution in [1.82, 2.24) is 0 Å². The molecule has 7 nitrogen and oxygen atoms in total. The average molecular weight is 289 g/mol. The van der Waals surface area contributed by atoms with Crippen molar-refractivity contribution in [2.24, 2.45) is 0 Å². The van der Waals surface area contributed by atoms with E-state index in [9.17, 15) is 24.6 Å². The molecule has 0 bridgehead atoms. The molecule has 0 spiro atoms. The first-order chi connectivity index (χ1) is 7.68. The van der Waals surface area contributed by atoms with E-state index in [0.29, 0.717) is 0 Å². The second-order valence-electron chi connectivity index (χ2n) is 3.06. The third-order valence-corrected chi connectivity index (χ3v) is 2.17. The predicted molar refractivity (Wildman–Crippen MR) is 55.3 cm³/mol. The molecule has 0 saturated carbocycles. The number of carbonyl (C=O) groups excluding carboxylic acids is 3. The molecule has 0 radical (unpaired) electrons. The Balaban J connectivity index is 4.82. The molecule has 0 amide bonds. The Morgan fingerprint density at radius 1 is 1.00 bits per heavy atom. The lowest BCUT2D eigenvalue weighted by atomic mass is 10.0. The number of hydrogen-bond donors (Lipinski definition) is 3. The molecular weight excluding hydrogens is 279 g/mol. The van der Waals surface area contributed by atoms with Crippen LogP contribution in [0.2, 0.25) is 0 Å². The Hall–Kier alpha value is -0.730. The number of ether oxygens (including phenoxy) is 1. The van der Waals surface area contributed by atoms with Crippen LogP contribution in [0.15, 0.2) is 0 Å². The van der Waals surface area contributed by atoms with Gasteiger partial charge < -0.3 is 20.1 Å². The number of carbonyl (C=O) groups is 3. The summed E-state index contributed by atoms with van der Waals surface area (Å²) in [5, 5.41) is 25.1. The van der Waals surface area contributed by atoms with E-state index in [1.165, 1.54) is 0 Å². The minimum Gasteiger partial charge on any atom is -0.450 e. The predicted octanol–water partition coefficient (Wildman–Crippen LogP) is -1.47. The van der Waals surface area contributed by atoms with Crippen LogP contribution in [0.3, 0.4) is 0 Å². The van der Waals surface area contributed by atoms with E-state index in [4.69, 9.17) is 28.3 Å². The quantitative estimate of drug-likeness (QED) is 0.403. The zero-order valence-electron chi connectivity index (χ0n) is 8.54. The molecule has 0 aromatic heterocycles. The van der Waals surface area contributed by atoms with Crippen molar-refractivity contribution in [3.05, 3.63) is 0 Å². The highest BCUT2D eigenvalue weighted by Crippen LogP contribution is 2.13. The average Bonchev–Trinajstić information content (AvgIpc) is 2.21. The molecular formula is C8H10Cl2O7. The van der Waals surface area contributed by atoms with Crippen LogP contribution in [0.1, 0.15) is 6.92 Å². The van der Waals surface area contributed by atoms with E-state index in [0.717, 1.165) is 6.92 Å². The van der Waals surface area contributed by atoms with E-state index in [1.54, 1.807) is 0 Å². The molecule has 0 aliphatic rings. The van der Waals surface area contributed by atoms with Crippen LogP contribution in [-0.2, 0) is 19.1 Å². The maximum Gasteiger partial charge on any atom is 0.303 e. The van der Waals surface area contributed by atoms with Crippen LogP contribution in [0.4, 0.5) is 0 Å². The summed E-state index contributed by atoms with van der Waals surface area (Å²) in [4.78, 5) is 32.0. The van der Waals surface area contributed by atoms with Crippen LogP contribution in [0.25, 0.3) is 0 Å². The van der Waals surface area contributed by atoms with Gasteiger partial charge in [-0.2, -0.15) is 0 Å². The summed E-state index contributed by atoms with van der Waals surface area (Å²) in [7, 11) is 0. The Kier molecular flexibility index (Phi) is 6.58. The van der Waals surface area contributed by atoms with Gasteiger partial charge in [-0.25, -0.2) is 0 Å². The van der Waals surface area contributed by atoms with Gasteiger partial charge in [0.25, 0.3) is 10.5 Å². The smallest absolute Gasteiger partial charge is 0.303 e. The van der Waals surface area contributed by atoms with Crippen LogP contribution in [0, 0.1) is 0 Å². The topological polar surface area (TPSA) is 121 Å². The first-order valence-corrected chi connectivity index (χ1v) is 5.04. The monoisotopic (exact) mass is 288 g/mol. The Labute approximate surface area is 106 Å². The Morgan fingerprint density at radius 2 is 1.47 bits per heavy atom. The van der Waals surface area contributed by atoms with E-state index >= 15 is 0 Å². The standard InChI is InChI=1S/C8H10Cl2O7/c1-2(11)17-6(8(10)16)4(13)3(12)5(14)7(9)15/h3-6,12-14H,1H3/t3-,4-,5-,6+/m0/s1. The highest BCUT2D eigenvalue weighted by atomic mass is 35.5. The minimum absolute atomic E-state index is 0.940. The second-order valence-corrected chi connectivity index (χ2v) is 3.81. The molecule has 0 aliphatic heterocycles. The number of hydrogen-bond acceptors (Lipinski definition) is 7.